The quantitative estimate of drug-likeness (QED) is 0.614. The Kier molecular flexibility index (Phi) is 3.14. The van der Waals surface area contributed by atoms with Crippen molar-refractivity contribution in [2.45, 2.75) is 13.3 Å². The highest BCUT2D eigenvalue weighted by Gasteiger charge is 2.08. The Hall–Kier alpha value is -1.22. The minimum absolute atomic E-state index is 0.0252. The molecule has 13 heavy (non-hydrogen) atoms. The van der Waals surface area contributed by atoms with Gasteiger partial charge in [-0.25, -0.2) is 0 Å². The SMILES string of the molecule is CC(CN)Cc1cccc(O)c1O. The third kappa shape index (κ3) is 2.36. The van der Waals surface area contributed by atoms with Crippen molar-refractivity contribution in [2.75, 3.05) is 6.54 Å². The Balaban J connectivity index is 2.83. The molecule has 72 valence electrons. The van der Waals surface area contributed by atoms with Crippen molar-refractivity contribution in [3.63, 3.8) is 0 Å². The molecule has 1 aromatic carbocycles. The van der Waals surface area contributed by atoms with Gasteiger partial charge in [0.2, 0.25) is 0 Å². The Morgan fingerprint density at radius 3 is 2.69 bits per heavy atom. The number of hydrogen-bond acceptors (Lipinski definition) is 3. The third-order valence-electron chi connectivity index (χ3n) is 2.07. The normalized spacial score (nSPS) is 12.8. The molecule has 0 saturated heterocycles. The Morgan fingerprint density at radius 2 is 2.08 bits per heavy atom. The van der Waals surface area contributed by atoms with E-state index in [4.69, 9.17) is 5.73 Å². The van der Waals surface area contributed by atoms with Gasteiger partial charge in [-0.15, -0.1) is 0 Å². The first-order valence-electron chi connectivity index (χ1n) is 4.35. The summed E-state index contributed by atoms with van der Waals surface area (Å²) in [6.45, 7) is 2.58. The lowest BCUT2D eigenvalue weighted by Crippen LogP contribution is -2.13. The molecule has 0 aromatic heterocycles. The fourth-order valence-electron chi connectivity index (χ4n) is 1.20. The van der Waals surface area contributed by atoms with Gasteiger partial charge in [0.1, 0.15) is 0 Å². The molecule has 1 unspecified atom stereocenters. The van der Waals surface area contributed by atoms with Crippen LogP contribution in [0, 0.1) is 5.92 Å². The van der Waals surface area contributed by atoms with Gasteiger partial charge in [0.25, 0.3) is 0 Å². The van der Waals surface area contributed by atoms with Crippen LogP contribution in [0.2, 0.25) is 0 Å². The van der Waals surface area contributed by atoms with Crippen LogP contribution in [0.5, 0.6) is 11.5 Å². The van der Waals surface area contributed by atoms with Crippen molar-refractivity contribution < 1.29 is 10.2 Å². The molecule has 0 aliphatic carbocycles. The highest BCUT2D eigenvalue weighted by atomic mass is 16.3. The Morgan fingerprint density at radius 1 is 1.38 bits per heavy atom. The number of rotatable bonds is 3. The summed E-state index contributed by atoms with van der Waals surface area (Å²) >= 11 is 0. The molecule has 0 aliphatic rings. The molecule has 0 spiro atoms. The number of aromatic hydroxyl groups is 2. The Bertz CT molecular complexity index is 286. The van der Waals surface area contributed by atoms with Crippen LogP contribution in [-0.2, 0) is 6.42 Å². The summed E-state index contributed by atoms with van der Waals surface area (Å²) in [5.74, 6) is 0.220. The maximum atomic E-state index is 9.45. The van der Waals surface area contributed by atoms with E-state index in [0.29, 0.717) is 18.9 Å². The van der Waals surface area contributed by atoms with Crippen LogP contribution in [0.3, 0.4) is 0 Å². The first kappa shape index (κ1) is 9.86. The number of hydrogen-bond donors (Lipinski definition) is 3. The first-order chi connectivity index (χ1) is 6.15. The van der Waals surface area contributed by atoms with Crippen molar-refractivity contribution >= 4 is 0 Å². The second kappa shape index (κ2) is 4.14. The van der Waals surface area contributed by atoms with E-state index in [0.717, 1.165) is 5.56 Å². The van der Waals surface area contributed by atoms with Crippen LogP contribution in [-0.4, -0.2) is 16.8 Å². The lowest BCUT2D eigenvalue weighted by molar-refractivity contribution is 0.396. The van der Waals surface area contributed by atoms with Gasteiger partial charge < -0.3 is 15.9 Å². The average Bonchev–Trinajstić information content (AvgIpc) is 2.13. The van der Waals surface area contributed by atoms with Crippen LogP contribution in [0.4, 0.5) is 0 Å². The second-order valence-corrected chi connectivity index (χ2v) is 3.33. The molecule has 1 rings (SSSR count). The fourth-order valence-corrected chi connectivity index (χ4v) is 1.20. The van der Waals surface area contributed by atoms with Crippen LogP contribution >= 0.6 is 0 Å². The van der Waals surface area contributed by atoms with Gasteiger partial charge in [-0.2, -0.15) is 0 Å². The molecule has 0 heterocycles. The van der Waals surface area contributed by atoms with E-state index in [2.05, 4.69) is 0 Å². The van der Waals surface area contributed by atoms with Crippen LogP contribution < -0.4 is 5.73 Å². The number of phenolic OH excluding ortho intramolecular Hbond substituents is 2. The van der Waals surface area contributed by atoms with Crippen molar-refractivity contribution in [3.05, 3.63) is 23.8 Å². The minimum Gasteiger partial charge on any atom is -0.504 e. The number of para-hydroxylation sites is 1. The predicted molar refractivity (Wildman–Crippen MR) is 51.7 cm³/mol. The highest BCUT2D eigenvalue weighted by molar-refractivity contribution is 5.44. The van der Waals surface area contributed by atoms with Crippen LogP contribution in [0.25, 0.3) is 0 Å². The molecule has 0 aliphatic heterocycles. The molecule has 0 bridgehead atoms. The van der Waals surface area contributed by atoms with Gasteiger partial charge >= 0.3 is 0 Å². The summed E-state index contributed by atoms with van der Waals surface area (Å²) in [4.78, 5) is 0. The zero-order valence-corrected chi connectivity index (χ0v) is 7.70. The monoisotopic (exact) mass is 181 g/mol. The molecule has 0 fully saturated rings. The summed E-state index contributed by atoms with van der Waals surface area (Å²) in [6, 6.07) is 4.97. The number of nitrogens with two attached hydrogens (primary N) is 1. The topological polar surface area (TPSA) is 66.5 Å². The molecule has 3 nitrogen and oxygen atoms in total. The van der Waals surface area contributed by atoms with Gasteiger partial charge in [-0.1, -0.05) is 19.1 Å². The van der Waals surface area contributed by atoms with Crippen molar-refractivity contribution in [1.29, 1.82) is 0 Å². The van der Waals surface area contributed by atoms with Crippen molar-refractivity contribution in [3.8, 4) is 11.5 Å². The van der Waals surface area contributed by atoms with Gasteiger partial charge in [-0.3, -0.25) is 0 Å². The lowest BCUT2D eigenvalue weighted by atomic mass is 10.0. The molecular weight excluding hydrogens is 166 g/mol. The summed E-state index contributed by atoms with van der Waals surface area (Å²) in [5, 5.41) is 18.7. The largest absolute Gasteiger partial charge is 0.504 e. The first-order valence-corrected chi connectivity index (χ1v) is 4.35. The van der Waals surface area contributed by atoms with E-state index >= 15 is 0 Å². The molecule has 0 amide bonds. The van der Waals surface area contributed by atoms with Crippen molar-refractivity contribution in [2.24, 2.45) is 11.7 Å². The van der Waals surface area contributed by atoms with E-state index in [9.17, 15) is 10.2 Å². The zero-order chi connectivity index (χ0) is 9.84. The van der Waals surface area contributed by atoms with E-state index < -0.39 is 0 Å². The van der Waals surface area contributed by atoms with E-state index in [1.54, 1.807) is 12.1 Å². The number of phenols is 2. The Labute approximate surface area is 77.8 Å². The summed E-state index contributed by atoms with van der Waals surface area (Å²) in [6.07, 6.45) is 0.691. The molecule has 4 N–H and O–H groups in total. The molecule has 3 heteroatoms. The van der Waals surface area contributed by atoms with E-state index in [1.165, 1.54) is 6.07 Å². The van der Waals surface area contributed by atoms with Crippen molar-refractivity contribution in [1.82, 2.24) is 0 Å². The smallest absolute Gasteiger partial charge is 0.160 e. The molecule has 1 aromatic rings. The standard InChI is InChI=1S/C10H15NO2/c1-7(6-11)5-8-3-2-4-9(12)10(8)13/h2-4,7,12-13H,5-6,11H2,1H3. The molecule has 1 atom stereocenters. The molecular formula is C10H15NO2. The third-order valence-corrected chi connectivity index (χ3v) is 2.07. The molecule has 0 radical (unpaired) electrons. The summed E-state index contributed by atoms with van der Waals surface area (Å²) < 4.78 is 0. The van der Waals surface area contributed by atoms with Crippen LogP contribution in [0.15, 0.2) is 18.2 Å². The predicted octanol–water partition coefficient (Wildman–Crippen LogP) is 1.24. The summed E-state index contributed by atoms with van der Waals surface area (Å²) in [7, 11) is 0. The van der Waals surface area contributed by atoms with Gasteiger partial charge in [0, 0.05) is 0 Å². The van der Waals surface area contributed by atoms with E-state index in [1.807, 2.05) is 6.92 Å². The molecule has 0 saturated carbocycles. The number of benzene rings is 1. The zero-order valence-electron chi connectivity index (χ0n) is 7.70. The second-order valence-electron chi connectivity index (χ2n) is 3.33. The van der Waals surface area contributed by atoms with E-state index in [-0.39, 0.29) is 11.5 Å². The van der Waals surface area contributed by atoms with Gasteiger partial charge in [-0.05, 0) is 30.5 Å². The van der Waals surface area contributed by atoms with Gasteiger partial charge in [0.05, 0.1) is 0 Å². The highest BCUT2D eigenvalue weighted by Crippen LogP contribution is 2.29. The van der Waals surface area contributed by atoms with Gasteiger partial charge in [0.15, 0.2) is 11.5 Å². The summed E-state index contributed by atoms with van der Waals surface area (Å²) in [5.41, 5.74) is 6.21. The average molecular weight is 181 g/mol. The maximum Gasteiger partial charge on any atom is 0.160 e. The maximum absolute atomic E-state index is 9.45. The lowest BCUT2D eigenvalue weighted by Gasteiger charge is -2.10. The fraction of sp³-hybridized carbons (Fsp3) is 0.400. The minimum atomic E-state index is -0.0679. The van der Waals surface area contributed by atoms with Crippen LogP contribution in [0.1, 0.15) is 12.5 Å².